The molecule has 0 aliphatic rings. The van der Waals surface area contributed by atoms with Crippen LogP contribution in [0.15, 0.2) is 43.8 Å². The van der Waals surface area contributed by atoms with E-state index < -0.39 is 0 Å². The zero-order chi connectivity index (χ0) is 19.8. The van der Waals surface area contributed by atoms with Gasteiger partial charge in [0.05, 0.1) is 11.4 Å². The monoisotopic (exact) mass is 438 g/mol. The molecule has 2 rings (SSSR count). The predicted molar refractivity (Wildman–Crippen MR) is 130 cm³/mol. The highest BCUT2D eigenvalue weighted by molar-refractivity contribution is 8.00. The Bertz CT molecular complexity index is 699. The van der Waals surface area contributed by atoms with Crippen molar-refractivity contribution in [2.24, 2.45) is 0 Å². The number of hydrogen-bond acceptors (Lipinski definition) is 6. The van der Waals surface area contributed by atoms with Gasteiger partial charge in [0.1, 0.15) is 0 Å². The lowest BCUT2D eigenvalue weighted by atomic mass is 10.0. The molecule has 0 amide bonds. The maximum Gasteiger partial charge on any atom is 0.0593 e. The lowest BCUT2D eigenvalue weighted by Gasteiger charge is -2.18. The van der Waals surface area contributed by atoms with Gasteiger partial charge in [-0.25, -0.2) is 0 Å². The third kappa shape index (κ3) is 5.72. The summed E-state index contributed by atoms with van der Waals surface area (Å²) in [5.41, 5.74) is 17.5. The summed E-state index contributed by atoms with van der Waals surface area (Å²) in [4.78, 5) is 4.84. The zero-order valence-corrected chi connectivity index (χ0v) is 19.9. The van der Waals surface area contributed by atoms with E-state index in [1.165, 1.54) is 30.7 Å². The van der Waals surface area contributed by atoms with E-state index in [-0.39, 0.29) is 0 Å². The van der Waals surface area contributed by atoms with Crippen molar-refractivity contribution < 1.29 is 0 Å². The molecule has 0 unspecified atom stereocenters. The SMILES string of the molecule is CCSc1ccc(Cc2ccc(SCC)c(N)c2SCC)c(SCC)c1N. The summed E-state index contributed by atoms with van der Waals surface area (Å²) in [6.07, 6.45) is 0.868. The molecule has 0 aromatic heterocycles. The Kier molecular flexibility index (Phi) is 9.63. The quantitative estimate of drug-likeness (QED) is 0.311. The van der Waals surface area contributed by atoms with E-state index in [1.54, 1.807) is 0 Å². The van der Waals surface area contributed by atoms with E-state index in [0.717, 1.165) is 40.8 Å². The average molecular weight is 439 g/mol. The zero-order valence-electron chi connectivity index (χ0n) is 16.6. The fourth-order valence-electron chi connectivity index (χ4n) is 2.93. The summed E-state index contributed by atoms with van der Waals surface area (Å²) >= 11 is 7.31. The number of nitrogens with two attached hydrogens (primary N) is 2. The lowest BCUT2D eigenvalue weighted by Crippen LogP contribution is -2.02. The molecule has 0 atom stereocenters. The van der Waals surface area contributed by atoms with Gasteiger partial charge in [-0.15, -0.1) is 47.0 Å². The lowest BCUT2D eigenvalue weighted by molar-refractivity contribution is 1.07. The molecule has 148 valence electrons. The summed E-state index contributed by atoms with van der Waals surface area (Å²) in [6, 6.07) is 8.85. The maximum absolute atomic E-state index is 6.53. The van der Waals surface area contributed by atoms with Crippen molar-refractivity contribution in [1.29, 1.82) is 0 Å². The summed E-state index contributed by atoms with van der Waals surface area (Å²) in [6.45, 7) is 8.69. The fraction of sp³-hybridized carbons (Fsp3) is 0.429. The number of hydrogen-bond donors (Lipinski definition) is 2. The second-order valence-electron chi connectivity index (χ2n) is 5.84. The van der Waals surface area contributed by atoms with E-state index in [0.29, 0.717) is 0 Å². The molecule has 0 aliphatic heterocycles. The largest absolute Gasteiger partial charge is 0.397 e. The smallest absolute Gasteiger partial charge is 0.0593 e. The molecule has 6 heteroatoms. The summed E-state index contributed by atoms with van der Waals surface area (Å²) in [7, 11) is 0. The molecule has 2 aromatic rings. The van der Waals surface area contributed by atoms with Gasteiger partial charge in [0, 0.05) is 19.6 Å². The molecule has 0 bridgehead atoms. The van der Waals surface area contributed by atoms with Crippen molar-refractivity contribution in [3.63, 3.8) is 0 Å². The average Bonchev–Trinajstić information content (AvgIpc) is 2.65. The highest BCUT2D eigenvalue weighted by atomic mass is 32.2. The first-order valence-corrected chi connectivity index (χ1v) is 13.3. The van der Waals surface area contributed by atoms with Gasteiger partial charge < -0.3 is 11.5 Å². The Balaban J connectivity index is 2.46. The molecule has 0 saturated heterocycles. The van der Waals surface area contributed by atoms with Crippen LogP contribution in [0.2, 0.25) is 0 Å². The van der Waals surface area contributed by atoms with E-state index in [9.17, 15) is 0 Å². The molecule has 4 N–H and O–H groups in total. The second-order valence-corrected chi connectivity index (χ2v) is 11.0. The number of benzene rings is 2. The minimum atomic E-state index is 0.868. The third-order valence-corrected chi connectivity index (χ3v) is 8.06. The predicted octanol–water partition coefficient (Wildman–Crippen LogP) is 6.89. The molecule has 2 nitrogen and oxygen atoms in total. The van der Waals surface area contributed by atoms with Crippen LogP contribution in [0.3, 0.4) is 0 Å². The maximum atomic E-state index is 6.53. The molecule has 0 spiro atoms. The van der Waals surface area contributed by atoms with Gasteiger partial charge in [-0.2, -0.15) is 0 Å². The van der Waals surface area contributed by atoms with Gasteiger partial charge in [-0.3, -0.25) is 0 Å². The summed E-state index contributed by atoms with van der Waals surface area (Å²) in [5, 5.41) is 0. The Morgan fingerprint density at radius 1 is 0.593 bits per heavy atom. The first-order chi connectivity index (χ1) is 13.1. The van der Waals surface area contributed by atoms with Crippen LogP contribution in [0.25, 0.3) is 0 Å². The van der Waals surface area contributed by atoms with Crippen LogP contribution in [0.4, 0.5) is 11.4 Å². The van der Waals surface area contributed by atoms with Crippen LogP contribution in [0.1, 0.15) is 38.8 Å². The van der Waals surface area contributed by atoms with Crippen molar-refractivity contribution in [3.8, 4) is 0 Å². The normalized spacial score (nSPS) is 11.1. The summed E-state index contributed by atoms with van der Waals surface area (Å²) < 4.78 is 0. The molecule has 2 aromatic carbocycles. The number of nitrogen functional groups attached to an aromatic ring is 2. The molecule has 0 saturated carbocycles. The van der Waals surface area contributed by atoms with Gasteiger partial charge in [0.2, 0.25) is 0 Å². The minimum absolute atomic E-state index is 0.868. The molecule has 27 heavy (non-hydrogen) atoms. The Morgan fingerprint density at radius 3 is 1.30 bits per heavy atom. The van der Waals surface area contributed by atoms with Crippen LogP contribution in [-0.2, 0) is 6.42 Å². The number of rotatable bonds is 10. The highest BCUT2D eigenvalue weighted by Crippen LogP contribution is 2.41. The number of anilines is 2. The fourth-order valence-corrected chi connectivity index (χ4v) is 6.28. The Morgan fingerprint density at radius 2 is 0.963 bits per heavy atom. The second kappa shape index (κ2) is 11.4. The van der Waals surface area contributed by atoms with Crippen molar-refractivity contribution in [3.05, 3.63) is 35.4 Å². The van der Waals surface area contributed by atoms with E-state index in [2.05, 4.69) is 52.0 Å². The molecular weight excluding hydrogens is 409 g/mol. The Hall–Kier alpha value is -0.560. The van der Waals surface area contributed by atoms with Crippen LogP contribution >= 0.6 is 47.0 Å². The number of thioether (sulfide) groups is 4. The molecule has 0 radical (unpaired) electrons. The van der Waals surface area contributed by atoms with Crippen LogP contribution in [0.5, 0.6) is 0 Å². The highest BCUT2D eigenvalue weighted by Gasteiger charge is 2.16. The topological polar surface area (TPSA) is 52.0 Å². The van der Waals surface area contributed by atoms with E-state index >= 15 is 0 Å². The standard InChI is InChI=1S/C21H30N2S4/c1-5-24-16-11-9-14(20(18(16)22)26-7-3)13-15-10-12-17(25-6-2)19(23)21(15)27-8-4/h9-12H,5-8,13,22-23H2,1-4H3. The van der Waals surface area contributed by atoms with Crippen LogP contribution in [-0.4, -0.2) is 23.0 Å². The van der Waals surface area contributed by atoms with Gasteiger partial charge in [-0.1, -0.05) is 39.8 Å². The van der Waals surface area contributed by atoms with Crippen molar-refractivity contribution in [2.75, 3.05) is 34.5 Å². The summed E-state index contributed by atoms with van der Waals surface area (Å²) in [5.74, 6) is 4.10. The van der Waals surface area contributed by atoms with E-state index in [1.807, 2.05) is 47.0 Å². The van der Waals surface area contributed by atoms with Gasteiger partial charge in [0.25, 0.3) is 0 Å². The van der Waals surface area contributed by atoms with Gasteiger partial charge >= 0.3 is 0 Å². The molecule has 0 aliphatic carbocycles. The molecule has 0 fully saturated rings. The van der Waals surface area contributed by atoms with Crippen LogP contribution in [0, 0.1) is 0 Å². The first kappa shape index (κ1) is 22.7. The van der Waals surface area contributed by atoms with Crippen molar-refractivity contribution >= 4 is 58.4 Å². The minimum Gasteiger partial charge on any atom is -0.397 e. The third-order valence-electron chi connectivity index (χ3n) is 4.03. The van der Waals surface area contributed by atoms with Crippen LogP contribution < -0.4 is 11.5 Å². The molecular formula is C21H30N2S4. The van der Waals surface area contributed by atoms with Gasteiger partial charge in [-0.05, 0) is 52.7 Å². The Labute approximate surface area is 181 Å². The van der Waals surface area contributed by atoms with Crippen molar-refractivity contribution in [1.82, 2.24) is 0 Å². The van der Waals surface area contributed by atoms with E-state index in [4.69, 9.17) is 11.5 Å². The van der Waals surface area contributed by atoms with Crippen molar-refractivity contribution in [2.45, 2.75) is 53.7 Å². The first-order valence-electron chi connectivity index (χ1n) is 9.41. The molecule has 0 heterocycles. The van der Waals surface area contributed by atoms with Gasteiger partial charge in [0.15, 0.2) is 0 Å².